The molecule has 2 aromatic rings. The van der Waals surface area contributed by atoms with Gasteiger partial charge in [-0.25, -0.2) is 0 Å². The molecule has 2 aromatic heterocycles. The summed E-state index contributed by atoms with van der Waals surface area (Å²) < 4.78 is 0. The summed E-state index contributed by atoms with van der Waals surface area (Å²) in [5, 5.41) is 0. The lowest BCUT2D eigenvalue weighted by Crippen LogP contribution is -2.30. The number of rotatable bonds is 3. The maximum absolute atomic E-state index is 6.35. The van der Waals surface area contributed by atoms with Crippen molar-refractivity contribution in [2.75, 3.05) is 0 Å². The van der Waals surface area contributed by atoms with E-state index in [0.29, 0.717) is 5.92 Å². The number of aromatic nitrogens is 2. The first-order valence-corrected chi connectivity index (χ1v) is 6.44. The summed E-state index contributed by atoms with van der Waals surface area (Å²) in [5.74, 6) is 0.378. The van der Waals surface area contributed by atoms with Gasteiger partial charge in [-0.05, 0) is 36.6 Å². The lowest BCUT2D eigenvalue weighted by atomic mass is 9.94. The molecule has 1 aliphatic rings. The van der Waals surface area contributed by atoms with Crippen LogP contribution in [0.4, 0.5) is 0 Å². The molecule has 0 bridgehead atoms. The molecule has 2 unspecified atom stereocenters. The molecular formula is C15H17N3. The predicted molar refractivity (Wildman–Crippen MR) is 71.2 cm³/mol. The molecule has 2 N–H and O–H groups in total. The van der Waals surface area contributed by atoms with Crippen LogP contribution in [0.15, 0.2) is 42.7 Å². The summed E-state index contributed by atoms with van der Waals surface area (Å²) in [5.41, 5.74) is 9.97. The molecule has 3 nitrogen and oxygen atoms in total. The minimum absolute atomic E-state index is 0.107. The second kappa shape index (κ2) is 4.86. The van der Waals surface area contributed by atoms with E-state index in [2.05, 4.69) is 16.0 Å². The Labute approximate surface area is 107 Å². The van der Waals surface area contributed by atoms with Crippen LogP contribution >= 0.6 is 0 Å². The maximum Gasteiger partial charge on any atom is 0.0482 e. The first kappa shape index (κ1) is 11.4. The Bertz CT molecular complexity index is 524. The summed E-state index contributed by atoms with van der Waals surface area (Å²) >= 11 is 0. The summed E-state index contributed by atoms with van der Waals surface area (Å²) in [4.78, 5) is 8.85. The quantitative estimate of drug-likeness (QED) is 0.892. The van der Waals surface area contributed by atoms with Gasteiger partial charge >= 0.3 is 0 Å². The smallest absolute Gasteiger partial charge is 0.0482 e. The third-order valence-corrected chi connectivity index (χ3v) is 3.69. The highest BCUT2D eigenvalue weighted by molar-refractivity contribution is 5.30. The second-order valence-electron chi connectivity index (χ2n) is 4.88. The van der Waals surface area contributed by atoms with Crippen molar-refractivity contribution in [3.8, 4) is 0 Å². The number of hydrogen-bond acceptors (Lipinski definition) is 3. The standard InChI is InChI=1S/C15H17N3/c16-14(10-12-5-1-2-8-17-12)13-7-6-11-4-3-9-18-15(11)13/h1-5,8-9,13-14H,6-7,10,16H2. The number of fused-ring (bicyclic) bond motifs is 1. The fraction of sp³-hybridized carbons (Fsp3) is 0.333. The molecule has 0 aliphatic heterocycles. The van der Waals surface area contributed by atoms with Crippen LogP contribution in [0.5, 0.6) is 0 Å². The summed E-state index contributed by atoms with van der Waals surface area (Å²) in [6.07, 6.45) is 6.72. The van der Waals surface area contributed by atoms with E-state index >= 15 is 0 Å². The van der Waals surface area contributed by atoms with Gasteiger partial charge in [0.15, 0.2) is 0 Å². The second-order valence-corrected chi connectivity index (χ2v) is 4.88. The topological polar surface area (TPSA) is 51.8 Å². The van der Waals surface area contributed by atoms with Crippen LogP contribution in [0.25, 0.3) is 0 Å². The molecule has 0 saturated heterocycles. The molecule has 3 rings (SSSR count). The Morgan fingerprint density at radius 3 is 2.89 bits per heavy atom. The fourth-order valence-corrected chi connectivity index (χ4v) is 2.76. The molecule has 0 spiro atoms. The van der Waals surface area contributed by atoms with Crippen LogP contribution in [-0.4, -0.2) is 16.0 Å². The highest BCUT2D eigenvalue weighted by atomic mass is 14.8. The van der Waals surface area contributed by atoms with E-state index < -0.39 is 0 Å². The number of nitrogens with two attached hydrogens (primary N) is 1. The average Bonchev–Trinajstić information content (AvgIpc) is 2.84. The molecule has 0 fully saturated rings. The Kier molecular flexibility index (Phi) is 3.07. The van der Waals surface area contributed by atoms with Crippen molar-refractivity contribution in [2.24, 2.45) is 5.73 Å². The van der Waals surface area contributed by atoms with E-state index in [1.807, 2.05) is 36.7 Å². The van der Waals surface area contributed by atoms with Gasteiger partial charge in [0, 0.05) is 42.2 Å². The third kappa shape index (κ3) is 2.14. The zero-order chi connectivity index (χ0) is 12.4. The number of nitrogens with zero attached hydrogens (tertiary/aromatic N) is 2. The third-order valence-electron chi connectivity index (χ3n) is 3.69. The van der Waals surface area contributed by atoms with E-state index in [1.165, 1.54) is 11.3 Å². The molecule has 0 amide bonds. The molecule has 1 aliphatic carbocycles. The van der Waals surface area contributed by atoms with Gasteiger partial charge in [-0.2, -0.15) is 0 Å². The van der Waals surface area contributed by atoms with Crippen LogP contribution in [0.3, 0.4) is 0 Å². The van der Waals surface area contributed by atoms with Crippen molar-refractivity contribution in [2.45, 2.75) is 31.2 Å². The number of pyridine rings is 2. The molecule has 0 aromatic carbocycles. The van der Waals surface area contributed by atoms with Gasteiger partial charge in [0.1, 0.15) is 0 Å². The van der Waals surface area contributed by atoms with Crippen molar-refractivity contribution in [3.63, 3.8) is 0 Å². The van der Waals surface area contributed by atoms with Crippen LogP contribution in [0, 0.1) is 0 Å². The van der Waals surface area contributed by atoms with E-state index in [-0.39, 0.29) is 6.04 Å². The van der Waals surface area contributed by atoms with Crippen LogP contribution in [0.1, 0.15) is 29.3 Å². The molecule has 0 radical (unpaired) electrons. The molecule has 92 valence electrons. The maximum atomic E-state index is 6.35. The van der Waals surface area contributed by atoms with E-state index in [1.54, 1.807) is 0 Å². The first-order valence-electron chi connectivity index (χ1n) is 6.44. The Hall–Kier alpha value is -1.74. The molecule has 0 saturated carbocycles. The van der Waals surface area contributed by atoms with Crippen LogP contribution in [-0.2, 0) is 12.8 Å². The monoisotopic (exact) mass is 239 g/mol. The lowest BCUT2D eigenvalue weighted by molar-refractivity contribution is 0.512. The highest BCUT2D eigenvalue weighted by Crippen LogP contribution is 2.33. The normalized spacial score (nSPS) is 19.5. The van der Waals surface area contributed by atoms with Gasteiger partial charge in [-0.1, -0.05) is 12.1 Å². The predicted octanol–water partition coefficient (Wildman–Crippen LogP) is 2.08. The molecule has 3 heteroatoms. The van der Waals surface area contributed by atoms with Crippen LogP contribution < -0.4 is 5.73 Å². The van der Waals surface area contributed by atoms with E-state index in [9.17, 15) is 0 Å². The Morgan fingerprint density at radius 2 is 2.06 bits per heavy atom. The molecule has 2 heterocycles. The zero-order valence-electron chi connectivity index (χ0n) is 10.3. The largest absolute Gasteiger partial charge is 0.327 e. The fourth-order valence-electron chi connectivity index (χ4n) is 2.76. The van der Waals surface area contributed by atoms with E-state index in [4.69, 9.17) is 5.73 Å². The number of hydrogen-bond donors (Lipinski definition) is 1. The van der Waals surface area contributed by atoms with Crippen molar-refractivity contribution < 1.29 is 0 Å². The minimum Gasteiger partial charge on any atom is -0.327 e. The summed E-state index contributed by atoms with van der Waals surface area (Å²) in [7, 11) is 0. The lowest BCUT2D eigenvalue weighted by Gasteiger charge is -2.19. The van der Waals surface area contributed by atoms with Crippen molar-refractivity contribution in [1.29, 1.82) is 0 Å². The van der Waals surface area contributed by atoms with Gasteiger partial charge < -0.3 is 5.73 Å². The van der Waals surface area contributed by atoms with Gasteiger partial charge in [0.05, 0.1) is 0 Å². The average molecular weight is 239 g/mol. The number of aryl methyl sites for hydroxylation is 1. The SMILES string of the molecule is NC(Cc1ccccn1)C1CCc2cccnc21. The van der Waals surface area contributed by atoms with E-state index in [0.717, 1.165) is 25.0 Å². The van der Waals surface area contributed by atoms with Gasteiger partial charge in [-0.3, -0.25) is 9.97 Å². The van der Waals surface area contributed by atoms with Crippen molar-refractivity contribution in [3.05, 3.63) is 59.7 Å². The van der Waals surface area contributed by atoms with Crippen molar-refractivity contribution in [1.82, 2.24) is 9.97 Å². The van der Waals surface area contributed by atoms with Crippen molar-refractivity contribution >= 4 is 0 Å². The highest BCUT2D eigenvalue weighted by Gasteiger charge is 2.28. The summed E-state index contributed by atoms with van der Waals surface area (Å²) in [6.45, 7) is 0. The summed E-state index contributed by atoms with van der Waals surface area (Å²) in [6, 6.07) is 10.3. The Morgan fingerprint density at radius 1 is 1.17 bits per heavy atom. The Balaban J connectivity index is 1.77. The molecule has 2 atom stereocenters. The minimum atomic E-state index is 0.107. The molecule has 18 heavy (non-hydrogen) atoms. The van der Waals surface area contributed by atoms with Gasteiger partial charge in [-0.15, -0.1) is 0 Å². The zero-order valence-corrected chi connectivity index (χ0v) is 10.3. The molecular weight excluding hydrogens is 222 g/mol. The van der Waals surface area contributed by atoms with Crippen LogP contribution in [0.2, 0.25) is 0 Å². The van der Waals surface area contributed by atoms with Gasteiger partial charge in [0.2, 0.25) is 0 Å². The van der Waals surface area contributed by atoms with Gasteiger partial charge in [0.25, 0.3) is 0 Å². The first-order chi connectivity index (χ1) is 8.84.